The summed E-state index contributed by atoms with van der Waals surface area (Å²) in [7, 11) is -3.60. The summed E-state index contributed by atoms with van der Waals surface area (Å²) in [5.74, 6) is 0. The van der Waals surface area contributed by atoms with E-state index in [1.165, 1.54) is 11.0 Å². The Morgan fingerprint density at radius 3 is 3.04 bits per heavy atom. The van der Waals surface area contributed by atoms with Crippen LogP contribution < -0.4 is 0 Å². The van der Waals surface area contributed by atoms with E-state index >= 15 is 0 Å². The van der Waals surface area contributed by atoms with Gasteiger partial charge in [-0.05, 0) is 6.08 Å². The molecule has 3 heterocycles. The summed E-state index contributed by atoms with van der Waals surface area (Å²) in [5.41, 5.74) is 0. The van der Waals surface area contributed by atoms with Crippen LogP contribution in [0.5, 0.6) is 0 Å². The second-order valence-corrected chi connectivity index (χ2v) is 8.57. The van der Waals surface area contributed by atoms with Gasteiger partial charge in [0.25, 0.3) is 10.1 Å². The molecule has 2 aromatic heterocycles. The number of fused-ring (bicyclic) bond motifs is 1. The number of thiazole rings is 1. The first-order valence-corrected chi connectivity index (χ1v) is 10.5. The van der Waals surface area contributed by atoms with Crippen molar-refractivity contribution in [3.05, 3.63) is 42.3 Å². The fraction of sp³-hybridized carbons (Fsp3) is 0.375. The number of ether oxygens (including phenoxy) is 1. The summed E-state index contributed by atoms with van der Waals surface area (Å²) in [6.07, 6.45) is 10.9. The average Bonchev–Trinajstić information content (AvgIpc) is 3.23. The maximum Gasteiger partial charge on any atom is 0.410 e. The Morgan fingerprint density at radius 1 is 1.54 bits per heavy atom. The minimum Gasteiger partial charge on any atom is -0.445 e. The van der Waals surface area contributed by atoms with Crippen molar-refractivity contribution in [1.29, 1.82) is 0 Å². The van der Waals surface area contributed by atoms with Crippen LogP contribution in [0.1, 0.15) is 11.3 Å². The number of hydrogen-bond donors (Lipinski definition) is 0. The zero-order valence-electron chi connectivity index (χ0n) is 14.1. The molecule has 1 saturated heterocycles. The predicted molar refractivity (Wildman–Crippen MR) is 98.5 cm³/mol. The molecule has 0 saturated carbocycles. The molecule has 0 unspecified atom stereocenters. The largest absolute Gasteiger partial charge is 0.445 e. The molecule has 1 amide bonds. The van der Waals surface area contributed by atoms with E-state index in [0.717, 1.165) is 16.0 Å². The molecule has 0 N–H and O–H groups in total. The van der Waals surface area contributed by atoms with E-state index in [1.807, 2.05) is 22.7 Å². The second-order valence-electron chi connectivity index (χ2n) is 5.88. The summed E-state index contributed by atoms with van der Waals surface area (Å²) in [4.78, 5) is 19.8. The van der Waals surface area contributed by atoms with Crippen molar-refractivity contribution in [2.75, 3.05) is 19.4 Å². The average molecular weight is 397 g/mol. The van der Waals surface area contributed by atoms with Crippen molar-refractivity contribution in [1.82, 2.24) is 14.3 Å². The molecule has 1 aliphatic rings. The van der Waals surface area contributed by atoms with E-state index in [9.17, 15) is 13.2 Å². The normalized spacial score (nSPS) is 20.9. The molecule has 0 radical (unpaired) electrons. The summed E-state index contributed by atoms with van der Waals surface area (Å²) < 4.78 is 34.9. The Hall–Kier alpha value is -2.17. The van der Waals surface area contributed by atoms with Crippen LogP contribution in [0.15, 0.2) is 37.5 Å². The number of aromatic nitrogens is 2. The Balaban J connectivity index is 1.75. The van der Waals surface area contributed by atoms with Crippen molar-refractivity contribution in [2.45, 2.75) is 18.6 Å². The summed E-state index contributed by atoms with van der Waals surface area (Å²) in [6.45, 7) is 3.75. The third-order valence-corrected chi connectivity index (χ3v) is 5.40. The number of carbonyl (C=O) groups excluding carboxylic acids is 1. The monoisotopic (exact) mass is 397 g/mol. The lowest BCUT2D eigenvalue weighted by atomic mass is 10.2. The lowest BCUT2D eigenvalue weighted by Crippen LogP contribution is -2.35. The number of rotatable bonds is 6. The fourth-order valence-electron chi connectivity index (χ4n) is 2.78. The Bertz CT molecular complexity index is 902. The number of nitrogens with zero attached hydrogens (tertiary/aromatic N) is 3. The summed E-state index contributed by atoms with van der Waals surface area (Å²) in [6, 6.07) is -0.321. The number of hydrogen-bond acceptors (Lipinski definition) is 7. The molecule has 26 heavy (non-hydrogen) atoms. The molecule has 0 bridgehead atoms. The van der Waals surface area contributed by atoms with Gasteiger partial charge in [0.1, 0.15) is 11.4 Å². The first-order valence-electron chi connectivity index (χ1n) is 7.88. The van der Waals surface area contributed by atoms with E-state index in [4.69, 9.17) is 8.92 Å². The topological polar surface area (TPSA) is 90.2 Å². The first-order chi connectivity index (χ1) is 12.4. The van der Waals surface area contributed by atoms with Crippen LogP contribution in [-0.2, 0) is 19.0 Å². The van der Waals surface area contributed by atoms with Crippen molar-refractivity contribution in [2.24, 2.45) is 0 Å². The van der Waals surface area contributed by atoms with Gasteiger partial charge in [-0.2, -0.15) is 8.42 Å². The van der Waals surface area contributed by atoms with Crippen LogP contribution >= 0.6 is 11.3 Å². The third-order valence-electron chi connectivity index (χ3n) is 3.78. The van der Waals surface area contributed by atoms with Crippen molar-refractivity contribution >= 4 is 38.5 Å². The SMILES string of the molecule is C=CCOC(=O)N1C[C@H](OS(C)(=O)=O)C[C@H]1C=Cc1cn2cncc2s1. The summed E-state index contributed by atoms with van der Waals surface area (Å²) in [5, 5.41) is 0. The lowest BCUT2D eigenvalue weighted by Gasteiger charge is -2.20. The zero-order valence-corrected chi connectivity index (χ0v) is 15.8. The molecule has 0 aliphatic carbocycles. The van der Waals surface area contributed by atoms with Gasteiger partial charge < -0.3 is 4.74 Å². The Morgan fingerprint density at radius 2 is 2.35 bits per heavy atom. The molecule has 8 nitrogen and oxygen atoms in total. The predicted octanol–water partition coefficient (Wildman–Crippen LogP) is 2.15. The Kier molecular flexibility index (Phi) is 5.44. The number of carbonyl (C=O) groups is 1. The van der Waals surface area contributed by atoms with Gasteiger partial charge in [0.2, 0.25) is 0 Å². The first kappa shape index (κ1) is 18.6. The lowest BCUT2D eigenvalue weighted by molar-refractivity contribution is 0.109. The van der Waals surface area contributed by atoms with E-state index in [2.05, 4.69) is 11.6 Å². The highest BCUT2D eigenvalue weighted by Gasteiger charge is 2.37. The van der Waals surface area contributed by atoms with E-state index in [1.54, 1.807) is 23.9 Å². The smallest absolute Gasteiger partial charge is 0.410 e. The molecule has 3 rings (SSSR count). The fourth-order valence-corrected chi connectivity index (χ4v) is 4.29. The van der Waals surface area contributed by atoms with Crippen LogP contribution in [0.4, 0.5) is 4.79 Å². The van der Waals surface area contributed by atoms with E-state index in [-0.39, 0.29) is 19.2 Å². The number of likely N-dealkylation sites (tertiary alicyclic amines) is 1. The molecular weight excluding hydrogens is 378 g/mol. The standard InChI is InChI=1S/C16H19N3O5S2/c1-3-6-23-16(20)19-9-13(24-26(2,21)22)7-12(19)4-5-14-10-18-11-17-8-15(18)25-14/h3-5,8,10-13H,1,6-7,9H2,2H3/t12-,13-/m1/s1. The highest BCUT2D eigenvalue weighted by atomic mass is 32.2. The molecule has 0 spiro atoms. The zero-order chi connectivity index (χ0) is 18.7. The number of amides is 1. The van der Waals surface area contributed by atoms with Crippen LogP contribution in [0, 0.1) is 0 Å². The molecule has 10 heteroatoms. The van der Waals surface area contributed by atoms with Crippen LogP contribution in [0.2, 0.25) is 0 Å². The van der Waals surface area contributed by atoms with Gasteiger partial charge in [-0.15, -0.1) is 11.3 Å². The van der Waals surface area contributed by atoms with Crippen molar-refractivity contribution in [3.63, 3.8) is 0 Å². The van der Waals surface area contributed by atoms with Crippen molar-refractivity contribution in [3.8, 4) is 0 Å². The number of imidazole rings is 1. The molecule has 0 aromatic carbocycles. The highest BCUT2D eigenvalue weighted by Crippen LogP contribution is 2.25. The molecule has 1 fully saturated rings. The quantitative estimate of drug-likeness (QED) is 0.548. The van der Waals surface area contributed by atoms with Crippen LogP contribution in [0.25, 0.3) is 10.9 Å². The minimum atomic E-state index is -3.60. The van der Waals surface area contributed by atoms with Gasteiger partial charge >= 0.3 is 6.09 Å². The molecular formula is C16H19N3O5S2. The summed E-state index contributed by atoms with van der Waals surface area (Å²) >= 11 is 1.56. The van der Waals surface area contributed by atoms with Crippen molar-refractivity contribution < 1.29 is 22.1 Å². The third kappa shape index (κ3) is 4.51. The minimum absolute atomic E-state index is 0.0901. The molecule has 140 valence electrons. The van der Waals surface area contributed by atoms with Crippen LogP contribution in [-0.4, -0.2) is 60.3 Å². The van der Waals surface area contributed by atoms with Gasteiger partial charge in [0.05, 0.1) is 37.5 Å². The maximum absolute atomic E-state index is 12.2. The van der Waals surface area contributed by atoms with Gasteiger partial charge in [-0.1, -0.05) is 18.7 Å². The molecule has 2 aromatic rings. The second kappa shape index (κ2) is 7.60. The molecule has 1 aliphatic heterocycles. The van der Waals surface area contributed by atoms with E-state index < -0.39 is 22.3 Å². The van der Waals surface area contributed by atoms with Gasteiger partial charge in [-0.3, -0.25) is 13.5 Å². The Labute approximate surface area is 155 Å². The molecule has 2 atom stereocenters. The van der Waals surface area contributed by atoms with Gasteiger partial charge in [-0.25, -0.2) is 9.78 Å². The van der Waals surface area contributed by atoms with Crippen LogP contribution in [0.3, 0.4) is 0 Å². The van der Waals surface area contributed by atoms with Gasteiger partial charge in [0, 0.05) is 17.5 Å². The van der Waals surface area contributed by atoms with Gasteiger partial charge in [0.15, 0.2) is 0 Å². The maximum atomic E-state index is 12.2. The highest BCUT2D eigenvalue weighted by molar-refractivity contribution is 7.86. The van der Waals surface area contributed by atoms with E-state index in [0.29, 0.717) is 6.42 Å².